The number of oxazole rings is 1. The van der Waals surface area contributed by atoms with Crippen molar-refractivity contribution < 1.29 is 14.3 Å². The summed E-state index contributed by atoms with van der Waals surface area (Å²) in [5, 5.41) is 16.3. The number of halogens is 1. The Hall–Kier alpha value is -3.42. The van der Waals surface area contributed by atoms with Gasteiger partial charge in [0.05, 0.1) is 16.1 Å². The summed E-state index contributed by atoms with van der Waals surface area (Å²) in [7, 11) is 0. The molecule has 0 atom stereocenters. The number of aromatic hydroxyl groups is 1. The molecule has 0 aliphatic rings. The first-order chi connectivity index (χ1) is 15.3. The predicted octanol–water partition coefficient (Wildman–Crippen LogP) is 5.85. The van der Waals surface area contributed by atoms with Crippen molar-refractivity contribution in [3.05, 3.63) is 76.3 Å². The molecule has 32 heavy (non-hydrogen) atoms. The van der Waals surface area contributed by atoms with E-state index in [9.17, 15) is 9.90 Å². The Morgan fingerprint density at radius 3 is 2.72 bits per heavy atom. The largest absolute Gasteiger partial charge is 0.507 e. The number of nitrogens with zero attached hydrogens (tertiary/aromatic N) is 1. The van der Waals surface area contributed by atoms with Crippen LogP contribution in [0.2, 0.25) is 5.02 Å². The first-order valence-corrected chi connectivity index (χ1v) is 10.7. The van der Waals surface area contributed by atoms with Gasteiger partial charge in [-0.1, -0.05) is 30.7 Å². The highest BCUT2D eigenvalue weighted by Crippen LogP contribution is 2.33. The average molecular weight is 466 g/mol. The monoisotopic (exact) mass is 465 g/mol. The number of phenolic OH excluding ortho intramolecular Hbond substituents is 1. The minimum Gasteiger partial charge on any atom is -0.507 e. The zero-order valence-corrected chi connectivity index (χ0v) is 19.0. The number of rotatable bonds is 4. The van der Waals surface area contributed by atoms with Crippen LogP contribution in [-0.4, -0.2) is 21.1 Å². The van der Waals surface area contributed by atoms with E-state index < -0.39 is 5.91 Å². The van der Waals surface area contributed by atoms with Gasteiger partial charge in [0.15, 0.2) is 10.7 Å². The molecule has 0 fully saturated rings. The number of aromatic nitrogens is 1. The molecule has 162 valence electrons. The van der Waals surface area contributed by atoms with Crippen molar-refractivity contribution in [2.75, 3.05) is 5.32 Å². The summed E-state index contributed by atoms with van der Waals surface area (Å²) < 4.78 is 5.82. The number of benzene rings is 3. The van der Waals surface area contributed by atoms with Crippen LogP contribution in [0, 0.1) is 6.92 Å². The molecule has 0 saturated carbocycles. The summed E-state index contributed by atoms with van der Waals surface area (Å²) in [4.78, 5) is 17.0. The van der Waals surface area contributed by atoms with Gasteiger partial charge in [0, 0.05) is 5.69 Å². The Balaban J connectivity index is 1.53. The minimum absolute atomic E-state index is 0.0132. The lowest BCUT2D eigenvalue weighted by Crippen LogP contribution is -2.34. The smallest absolute Gasteiger partial charge is 0.258 e. The van der Waals surface area contributed by atoms with E-state index in [1.165, 1.54) is 6.07 Å². The van der Waals surface area contributed by atoms with Gasteiger partial charge in [-0.2, -0.15) is 0 Å². The molecule has 0 unspecified atom stereocenters. The van der Waals surface area contributed by atoms with Crippen LogP contribution >= 0.6 is 23.8 Å². The second kappa shape index (κ2) is 8.98. The van der Waals surface area contributed by atoms with E-state index in [-0.39, 0.29) is 16.8 Å². The number of phenols is 1. The van der Waals surface area contributed by atoms with E-state index in [4.69, 9.17) is 28.2 Å². The van der Waals surface area contributed by atoms with E-state index in [0.717, 1.165) is 23.1 Å². The van der Waals surface area contributed by atoms with Crippen LogP contribution < -0.4 is 10.6 Å². The molecule has 3 aromatic carbocycles. The molecule has 0 bridgehead atoms. The Morgan fingerprint density at radius 1 is 1.16 bits per heavy atom. The zero-order valence-electron chi connectivity index (χ0n) is 17.4. The van der Waals surface area contributed by atoms with Gasteiger partial charge in [0.2, 0.25) is 5.89 Å². The minimum atomic E-state index is -0.419. The SMILES string of the molecule is CCc1ccc2oc(-c3cc(NC(=S)NC(=O)c4ccc(C)cc4Cl)ccc3O)nc2c1. The number of carbonyl (C=O) groups excluding carboxylic acids is 1. The molecule has 8 heteroatoms. The maximum absolute atomic E-state index is 12.5. The number of carbonyl (C=O) groups is 1. The predicted molar refractivity (Wildman–Crippen MR) is 130 cm³/mol. The lowest BCUT2D eigenvalue weighted by molar-refractivity contribution is 0.0978. The fourth-order valence-corrected chi connectivity index (χ4v) is 3.76. The molecule has 0 radical (unpaired) electrons. The van der Waals surface area contributed by atoms with Crippen LogP contribution in [0.15, 0.2) is 59.0 Å². The van der Waals surface area contributed by atoms with Gasteiger partial charge in [-0.25, -0.2) is 4.98 Å². The van der Waals surface area contributed by atoms with Crippen LogP contribution in [0.1, 0.15) is 28.4 Å². The van der Waals surface area contributed by atoms with Crippen LogP contribution in [0.25, 0.3) is 22.6 Å². The van der Waals surface area contributed by atoms with Crippen molar-refractivity contribution in [3.63, 3.8) is 0 Å². The number of thiocarbonyl (C=S) groups is 1. The van der Waals surface area contributed by atoms with Crippen molar-refractivity contribution in [3.8, 4) is 17.2 Å². The van der Waals surface area contributed by atoms with E-state index in [1.807, 2.05) is 25.1 Å². The van der Waals surface area contributed by atoms with Crippen molar-refractivity contribution >= 4 is 51.6 Å². The van der Waals surface area contributed by atoms with E-state index in [1.54, 1.807) is 30.3 Å². The van der Waals surface area contributed by atoms with E-state index in [2.05, 4.69) is 22.5 Å². The summed E-state index contributed by atoms with van der Waals surface area (Å²) >= 11 is 11.4. The number of amides is 1. The van der Waals surface area contributed by atoms with Crippen molar-refractivity contribution in [1.82, 2.24) is 10.3 Å². The van der Waals surface area contributed by atoms with Crippen LogP contribution in [-0.2, 0) is 6.42 Å². The summed E-state index contributed by atoms with van der Waals surface area (Å²) in [5.41, 5.74) is 4.73. The van der Waals surface area contributed by atoms with Gasteiger partial charge in [-0.15, -0.1) is 0 Å². The number of hydrogen-bond donors (Lipinski definition) is 3. The molecule has 1 amide bonds. The van der Waals surface area contributed by atoms with Gasteiger partial charge in [0.25, 0.3) is 5.91 Å². The second-order valence-electron chi connectivity index (χ2n) is 7.30. The fourth-order valence-electron chi connectivity index (χ4n) is 3.23. The third-order valence-corrected chi connectivity index (χ3v) is 5.46. The Bertz CT molecular complexity index is 1350. The number of aryl methyl sites for hydroxylation is 2. The van der Waals surface area contributed by atoms with Crippen molar-refractivity contribution in [1.29, 1.82) is 0 Å². The molecule has 6 nitrogen and oxygen atoms in total. The van der Waals surface area contributed by atoms with Gasteiger partial charge in [-0.3, -0.25) is 10.1 Å². The van der Waals surface area contributed by atoms with Gasteiger partial charge in [-0.05, 0) is 79.2 Å². The lowest BCUT2D eigenvalue weighted by atomic mass is 10.1. The molecule has 0 aliphatic heterocycles. The maximum Gasteiger partial charge on any atom is 0.258 e. The van der Waals surface area contributed by atoms with Crippen molar-refractivity contribution in [2.24, 2.45) is 0 Å². The molecule has 4 aromatic rings. The molecule has 0 spiro atoms. The van der Waals surface area contributed by atoms with E-state index >= 15 is 0 Å². The standard InChI is InChI=1S/C24H20ClN3O3S/c1-3-14-5-9-21-19(11-14)27-23(31-21)17-12-15(6-8-20(17)29)26-24(32)28-22(30)16-7-4-13(2)10-18(16)25/h4-12,29H,3H2,1-2H3,(H2,26,28,30,32). The zero-order chi connectivity index (χ0) is 22.8. The highest BCUT2D eigenvalue weighted by molar-refractivity contribution is 7.80. The number of hydrogen-bond acceptors (Lipinski definition) is 5. The van der Waals surface area contributed by atoms with E-state index in [0.29, 0.717) is 27.4 Å². The molecular formula is C24H20ClN3O3S. The molecule has 4 rings (SSSR count). The van der Waals surface area contributed by atoms with Gasteiger partial charge >= 0.3 is 0 Å². The Morgan fingerprint density at radius 2 is 1.97 bits per heavy atom. The number of fused-ring (bicyclic) bond motifs is 1. The number of nitrogens with one attached hydrogen (secondary N) is 2. The highest BCUT2D eigenvalue weighted by Gasteiger charge is 2.15. The number of anilines is 1. The third-order valence-electron chi connectivity index (χ3n) is 4.94. The normalized spacial score (nSPS) is 10.8. The van der Waals surface area contributed by atoms with Crippen LogP contribution in [0.3, 0.4) is 0 Å². The average Bonchev–Trinajstić information content (AvgIpc) is 3.17. The molecule has 0 aliphatic carbocycles. The van der Waals surface area contributed by atoms with Gasteiger partial charge < -0.3 is 14.8 Å². The van der Waals surface area contributed by atoms with Crippen LogP contribution in [0.4, 0.5) is 5.69 Å². The Kier molecular flexibility index (Phi) is 6.12. The van der Waals surface area contributed by atoms with Crippen molar-refractivity contribution in [2.45, 2.75) is 20.3 Å². The first kappa shape index (κ1) is 21.8. The van der Waals surface area contributed by atoms with Crippen LogP contribution in [0.5, 0.6) is 5.75 Å². The third kappa shape index (κ3) is 4.59. The second-order valence-corrected chi connectivity index (χ2v) is 8.11. The van der Waals surface area contributed by atoms with Gasteiger partial charge in [0.1, 0.15) is 11.3 Å². The molecule has 1 heterocycles. The highest BCUT2D eigenvalue weighted by atomic mass is 35.5. The quantitative estimate of drug-likeness (QED) is 0.259. The summed E-state index contributed by atoms with van der Waals surface area (Å²) in [6.07, 6.45) is 0.889. The maximum atomic E-state index is 12.5. The first-order valence-electron chi connectivity index (χ1n) is 9.95. The molecule has 3 N–H and O–H groups in total. The topological polar surface area (TPSA) is 87.4 Å². The Labute approximate surface area is 195 Å². The molecule has 0 saturated heterocycles. The fraction of sp³-hybridized carbons (Fsp3) is 0.125. The summed E-state index contributed by atoms with van der Waals surface area (Å²) in [6.45, 7) is 3.96. The summed E-state index contributed by atoms with van der Waals surface area (Å²) in [6, 6.07) is 15.8. The molecule has 1 aromatic heterocycles. The molecular weight excluding hydrogens is 446 g/mol. The lowest BCUT2D eigenvalue weighted by Gasteiger charge is -2.11. The summed E-state index contributed by atoms with van der Waals surface area (Å²) in [5.74, 6) is -0.118.